The molecule has 0 fully saturated rings. The second-order valence-electron chi connectivity index (χ2n) is 6.30. The molecule has 4 nitrogen and oxygen atoms in total. The van der Waals surface area contributed by atoms with Crippen LogP contribution in [0.25, 0.3) is 6.08 Å². The van der Waals surface area contributed by atoms with Crippen LogP contribution in [-0.4, -0.2) is 11.9 Å². The minimum absolute atomic E-state index is 0.0396. The Morgan fingerprint density at radius 1 is 1.00 bits per heavy atom. The van der Waals surface area contributed by atoms with Crippen LogP contribution in [0.4, 0.5) is 4.39 Å². The van der Waals surface area contributed by atoms with Gasteiger partial charge in [0.05, 0.1) is 5.56 Å². The number of benzene rings is 3. The molecule has 0 N–H and O–H groups in total. The van der Waals surface area contributed by atoms with Gasteiger partial charge in [-0.2, -0.15) is 0 Å². The zero-order chi connectivity index (χ0) is 20.2. The van der Waals surface area contributed by atoms with Crippen LogP contribution in [-0.2, 0) is 16.1 Å². The van der Waals surface area contributed by atoms with E-state index in [0.717, 1.165) is 11.1 Å². The van der Waals surface area contributed by atoms with Crippen LogP contribution in [0, 0.1) is 5.82 Å². The third-order valence-corrected chi connectivity index (χ3v) is 4.48. The topological polar surface area (TPSA) is 47.9 Å². The van der Waals surface area contributed by atoms with Crippen molar-refractivity contribution in [3.63, 3.8) is 0 Å². The molecule has 3 aromatic rings. The molecule has 1 aliphatic rings. The largest absolute Gasteiger partial charge is 0.489 e. The molecule has 3 aromatic carbocycles. The maximum absolute atomic E-state index is 13.9. The summed E-state index contributed by atoms with van der Waals surface area (Å²) in [5.74, 6) is -0.470. The van der Waals surface area contributed by atoms with Crippen molar-refractivity contribution in [3.05, 3.63) is 106 Å². The lowest BCUT2D eigenvalue weighted by molar-refractivity contribution is -0.129. The molecule has 1 heterocycles. The van der Waals surface area contributed by atoms with Gasteiger partial charge in [0.25, 0.3) is 0 Å². The van der Waals surface area contributed by atoms with Crippen molar-refractivity contribution in [2.45, 2.75) is 6.61 Å². The predicted molar refractivity (Wildman–Crippen MR) is 109 cm³/mol. The fourth-order valence-corrected chi connectivity index (χ4v) is 2.85. The van der Waals surface area contributed by atoms with Gasteiger partial charge in [0.15, 0.2) is 5.70 Å². The zero-order valence-corrected chi connectivity index (χ0v) is 15.9. The third-order valence-electron chi connectivity index (χ3n) is 4.23. The van der Waals surface area contributed by atoms with E-state index < -0.39 is 11.8 Å². The van der Waals surface area contributed by atoms with Gasteiger partial charge in [-0.05, 0) is 53.6 Å². The zero-order valence-electron chi connectivity index (χ0n) is 15.1. The van der Waals surface area contributed by atoms with Crippen LogP contribution in [0.15, 0.2) is 83.5 Å². The van der Waals surface area contributed by atoms with Gasteiger partial charge in [-0.25, -0.2) is 14.2 Å². The summed E-state index contributed by atoms with van der Waals surface area (Å²) in [6.45, 7) is 0.417. The number of esters is 1. The molecule has 144 valence electrons. The number of cyclic esters (lactones) is 1. The van der Waals surface area contributed by atoms with E-state index in [1.54, 1.807) is 42.5 Å². The number of nitrogens with zero attached hydrogens (tertiary/aromatic N) is 1. The molecule has 0 amide bonds. The van der Waals surface area contributed by atoms with Crippen molar-refractivity contribution in [1.29, 1.82) is 0 Å². The Morgan fingerprint density at radius 3 is 2.45 bits per heavy atom. The first-order valence-electron chi connectivity index (χ1n) is 8.83. The molecule has 0 atom stereocenters. The first kappa shape index (κ1) is 18.9. The maximum Gasteiger partial charge on any atom is 0.363 e. The van der Waals surface area contributed by atoms with Crippen molar-refractivity contribution in [1.82, 2.24) is 0 Å². The number of ether oxygens (including phenoxy) is 2. The highest BCUT2D eigenvalue weighted by molar-refractivity contribution is 6.30. The van der Waals surface area contributed by atoms with E-state index in [1.165, 1.54) is 12.1 Å². The Morgan fingerprint density at radius 2 is 1.72 bits per heavy atom. The second kappa shape index (κ2) is 8.29. The highest BCUT2D eigenvalue weighted by Crippen LogP contribution is 2.22. The van der Waals surface area contributed by atoms with Gasteiger partial charge in [-0.3, -0.25) is 0 Å². The first-order valence-corrected chi connectivity index (χ1v) is 9.21. The molecule has 0 aromatic heterocycles. The average molecular weight is 408 g/mol. The monoisotopic (exact) mass is 407 g/mol. The molecule has 4 rings (SSSR count). The van der Waals surface area contributed by atoms with Crippen LogP contribution in [0.2, 0.25) is 5.02 Å². The van der Waals surface area contributed by atoms with Gasteiger partial charge in [-0.15, -0.1) is 0 Å². The van der Waals surface area contributed by atoms with Crippen molar-refractivity contribution >= 4 is 29.5 Å². The van der Waals surface area contributed by atoms with Gasteiger partial charge in [0.2, 0.25) is 5.90 Å². The Kier molecular flexibility index (Phi) is 5.40. The summed E-state index contributed by atoms with van der Waals surface area (Å²) in [5.41, 5.74) is 2.01. The fraction of sp³-hybridized carbons (Fsp3) is 0.0435. The van der Waals surface area contributed by atoms with Gasteiger partial charge < -0.3 is 9.47 Å². The maximum atomic E-state index is 13.9. The summed E-state index contributed by atoms with van der Waals surface area (Å²) >= 11 is 5.87. The molecule has 1 aliphatic heterocycles. The fourth-order valence-electron chi connectivity index (χ4n) is 2.72. The molecular formula is C23H15ClFNO3. The second-order valence-corrected chi connectivity index (χ2v) is 6.74. The first-order chi connectivity index (χ1) is 14.1. The highest BCUT2D eigenvalue weighted by atomic mass is 35.5. The van der Waals surface area contributed by atoms with E-state index in [4.69, 9.17) is 21.1 Å². The third kappa shape index (κ3) is 4.52. The Balaban J connectivity index is 1.46. The van der Waals surface area contributed by atoms with Crippen LogP contribution in [0.1, 0.15) is 16.7 Å². The standard InChI is InChI=1S/C23H15ClFNO3/c24-17-9-5-16(6-10-17)14-28-18-11-7-15(8-12-18)13-21-23(27)29-22(26-21)19-3-1-2-4-20(19)25/h1-13H,14H2/b21-13-. The van der Waals surface area contributed by atoms with Crippen LogP contribution in [0.3, 0.4) is 0 Å². The van der Waals surface area contributed by atoms with Crippen molar-refractivity contribution in [2.75, 3.05) is 0 Å². The van der Waals surface area contributed by atoms with E-state index in [-0.39, 0.29) is 17.2 Å². The van der Waals surface area contributed by atoms with Gasteiger partial charge >= 0.3 is 5.97 Å². The number of halogens is 2. The SMILES string of the molecule is O=C1OC(c2ccccc2F)=N/C1=C\c1ccc(OCc2ccc(Cl)cc2)cc1. The molecule has 0 aliphatic carbocycles. The number of carbonyl (C=O) groups excluding carboxylic acids is 1. The Hall–Kier alpha value is -3.44. The molecule has 0 saturated heterocycles. The lowest BCUT2D eigenvalue weighted by Gasteiger charge is -2.06. The summed E-state index contributed by atoms with van der Waals surface area (Å²) in [6, 6.07) is 20.6. The molecule has 0 unspecified atom stereocenters. The lowest BCUT2D eigenvalue weighted by atomic mass is 10.2. The molecule has 0 saturated carbocycles. The molecule has 6 heteroatoms. The minimum atomic E-state index is -0.619. The van der Waals surface area contributed by atoms with Crippen LogP contribution < -0.4 is 4.74 Å². The molecule has 0 bridgehead atoms. The van der Waals surface area contributed by atoms with Gasteiger partial charge in [-0.1, -0.05) is 48.0 Å². The average Bonchev–Trinajstić information content (AvgIpc) is 3.09. The smallest absolute Gasteiger partial charge is 0.363 e. The molecular weight excluding hydrogens is 393 g/mol. The van der Waals surface area contributed by atoms with Gasteiger partial charge in [0.1, 0.15) is 18.2 Å². The van der Waals surface area contributed by atoms with E-state index >= 15 is 0 Å². The summed E-state index contributed by atoms with van der Waals surface area (Å²) < 4.78 is 24.7. The lowest BCUT2D eigenvalue weighted by Crippen LogP contribution is -2.07. The minimum Gasteiger partial charge on any atom is -0.489 e. The van der Waals surface area contributed by atoms with Gasteiger partial charge in [0, 0.05) is 5.02 Å². The number of rotatable bonds is 5. The molecule has 29 heavy (non-hydrogen) atoms. The number of carbonyl (C=O) groups is 1. The van der Waals surface area contributed by atoms with E-state index in [2.05, 4.69) is 4.99 Å². The van der Waals surface area contributed by atoms with Crippen LogP contribution in [0.5, 0.6) is 5.75 Å². The van der Waals surface area contributed by atoms with Crippen molar-refractivity contribution < 1.29 is 18.7 Å². The summed E-state index contributed by atoms with van der Waals surface area (Å²) in [5, 5.41) is 0.678. The molecule has 0 spiro atoms. The summed E-state index contributed by atoms with van der Waals surface area (Å²) in [7, 11) is 0. The van der Waals surface area contributed by atoms with E-state index in [0.29, 0.717) is 17.4 Å². The van der Waals surface area contributed by atoms with Crippen molar-refractivity contribution in [3.8, 4) is 5.75 Å². The van der Waals surface area contributed by atoms with Crippen LogP contribution >= 0.6 is 11.6 Å². The predicted octanol–water partition coefficient (Wildman–Crippen LogP) is 5.40. The number of hydrogen-bond donors (Lipinski definition) is 0. The quantitative estimate of drug-likeness (QED) is 0.420. The van der Waals surface area contributed by atoms with Crippen molar-refractivity contribution in [2.24, 2.45) is 4.99 Å². The number of aliphatic imine (C=N–C) groups is 1. The number of hydrogen-bond acceptors (Lipinski definition) is 4. The summed E-state index contributed by atoms with van der Waals surface area (Å²) in [4.78, 5) is 16.2. The normalized spacial score (nSPS) is 14.6. The molecule has 0 radical (unpaired) electrons. The Bertz CT molecular complexity index is 1110. The Labute approximate surface area is 171 Å². The van der Waals surface area contributed by atoms with E-state index in [1.807, 2.05) is 24.3 Å². The summed E-state index contributed by atoms with van der Waals surface area (Å²) in [6.07, 6.45) is 1.58. The van der Waals surface area contributed by atoms with E-state index in [9.17, 15) is 9.18 Å². The highest BCUT2D eigenvalue weighted by Gasteiger charge is 2.25.